The first kappa shape index (κ1) is 12.2. The van der Waals surface area contributed by atoms with Crippen molar-refractivity contribution in [1.82, 2.24) is 15.5 Å². The van der Waals surface area contributed by atoms with E-state index >= 15 is 0 Å². The van der Waals surface area contributed by atoms with Crippen LogP contribution in [0.4, 0.5) is 6.01 Å². The molecule has 0 bridgehead atoms. The highest BCUT2D eigenvalue weighted by Gasteiger charge is 2.22. The predicted octanol–water partition coefficient (Wildman–Crippen LogP) is 1.28. The molecule has 1 aliphatic rings. The molecule has 1 heterocycles. The second kappa shape index (κ2) is 5.86. The lowest BCUT2D eigenvalue weighted by Gasteiger charge is -2.03. The molecule has 1 aliphatic carbocycles. The maximum atomic E-state index is 11.3. The van der Waals surface area contributed by atoms with Gasteiger partial charge in [-0.15, -0.1) is 16.7 Å². The SMILES string of the molecule is O=C(CCCNc1nnc(CCl)o1)NC1CC1. The van der Waals surface area contributed by atoms with Crippen LogP contribution in [0.1, 0.15) is 31.6 Å². The minimum Gasteiger partial charge on any atom is -0.407 e. The summed E-state index contributed by atoms with van der Waals surface area (Å²) in [5, 5.41) is 13.3. The molecule has 0 atom stereocenters. The number of aromatic nitrogens is 2. The number of anilines is 1. The molecule has 6 nitrogen and oxygen atoms in total. The van der Waals surface area contributed by atoms with Crippen molar-refractivity contribution in [3.8, 4) is 0 Å². The number of amides is 1. The second-order valence-corrected chi connectivity index (χ2v) is 4.27. The summed E-state index contributed by atoms with van der Waals surface area (Å²) in [6, 6.07) is 0.779. The maximum absolute atomic E-state index is 11.3. The van der Waals surface area contributed by atoms with Crippen LogP contribution in [0.2, 0.25) is 0 Å². The van der Waals surface area contributed by atoms with E-state index in [-0.39, 0.29) is 11.8 Å². The molecule has 1 amide bonds. The fourth-order valence-corrected chi connectivity index (χ4v) is 1.46. The van der Waals surface area contributed by atoms with Crippen LogP contribution < -0.4 is 10.6 Å². The van der Waals surface area contributed by atoms with Gasteiger partial charge in [0, 0.05) is 19.0 Å². The monoisotopic (exact) mass is 258 g/mol. The zero-order valence-corrected chi connectivity index (χ0v) is 10.2. The van der Waals surface area contributed by atoms with Crippen molar-refractivity contribution in [1.29, 1.82) is 0 Å². The highest BCUT2D eigenvalue weighted by Crippen LogP contribution is 2.18. The van der Waals surface area contributed by atoms with Gasteiger partial charge in [0.05, 0.1) is 0 Å². The number of nitrogens with zero attached hydrogens (tertiary/aromatic N) is 2. The summed E-state index contributed by atoms with van der Waals surface area (Å²) >= 11 is 5.52. The first-order valence-electron chi connectivity index (χ1n) is 5.69. The number of halogens is 1. The topological polar surface area (TPSA) is 80.1 Å². The molecule has 0 saturated heterocycles. The zero-order valence-electron chi connectivity index (χ0n) is 9.41. The largest absolute Gasteiger partial charge is 0.407 e. The molecular formula is C10H15ClN4O2. The number of carbonyl (C=O) groups excluding carboxylic acids is 1. The van der Waals surface area contributed by atoms with Gasteiger partial charge in [0.2, 0.25) is 11.8 Å². The van der Waals surface area contributed by atoms with Crippen LogP contribution in [0, 0.1) is 0 Å². The highest BCUT2D eigenvalue weighted by atomic mass is 35.5. The Balaban J connectivity index is 1.57. The summed E-state index contributed by atoms with van der Waals surface area (Å²) in [5.41, 5.74) is 0. The van der Waals surface area contributed by atoms with E-state index in [0.29, 0.717) is 30.9 Å². The zero-order chi connectivity index (χ0) is 12.1. The minimum absolute atomic E-state index is 0.112. The number of carbonyl (C=O) groups is 1. The third kappa shape index (κ3) is 4.22. The Morgan fingerprint density at radius 2 is 2.29 bits per heavy atom. The fourth-order valence-electron chi connectivity index (χ4n) is 1.35. The Labute approximate surface area is 104 Å². The summed E-state index contributed by atoms with van der Waals surface area (Å²) in [5.74, 6) is 0.709. The van der Waals surface area contributed by atoms with Gasteiger partial charge >= 0.3 is 6.01 Å². The van der Waals surface area contributed by atoms with Gasteiger partial charge in [-0.1, -0.05) is 5.10 Å². The van der Waals surface area contributed by atoms with Crippen LogP contribution in [-0.4, -0.2) is 28.7 Å². The van der Waals surface area contributed by atoms with E-state index in [9.17, 15) is 4.79 Å². The van der Waals surface area contributed by atoms with Crippen molar-refractivity contribution >= 4 is 23.5 Å². The first-order chi connectivity index (χ1) is 8.28. The molecule has 0 radical (unpaired) electrons. The predicted molar refractivity (Wildman–Crippen MR) is 62.7 cm³/mol. The molecule has 1 aromatic heterocycles. The molecule has 0 aromatic carbocycles. The van der Waals surface area contributed by atoms with Crippen molar-refractivity contribution in [3.63, 3.8) is 0 Å². The molecule has 1 saturated carbocycles. The van der Waals surface area contributed by atoms with Gasteiger partial charge < -0.3 is 15.1 Å². The lowest BCUT2D eigenvalue weighted by atomic mass is 10.3. The highest BCUT2D eigenvalue weighted by molar-refractivity contribution is 6.16. The van der Waals surface area contributed by atoms with E-state index in [1.54, 1.807) is 0 Å². The van der Waals surface area contributed by atoms with Gasteiger partial charge in [0.25, 0.3) is 0 Å². The average molecular weight is 259 g/mol. The molecule has 17 heavy (non-hydrogen) atoms. The second-order valence-electron chi connectivity index (χ2n) is 4.01. The lowest BCUT2D eigenvalue weighted by molar-refractivity contribution is -0.121. The average Bonchev–Trinajstić information content (AvgIpc) is 3.01. The molecule has 0 aliphatic heterocycles. The Kier molecular flexibility index (Phi) is 4.19. The van der Waals surface area contributed by atoms with Crippen molar-refractivity contribution in [2.45, 2.75) is 37.6 Å². The Morgan fingerprint density at radius 1 is 1.47 bits per heavy atom. The number of hydrogen-bond donors (Lipinski definition) is 2. The Hall–Kier alpha value is -1.30. The third-order valence-corrected chi connectivity index (χ3v) is 2.61. The summed E-state index contributed by atoms with van der Waals surface area (Å²) in [4.78, 5) is 11.3. The molecular weight excluding hydrogens is 244 g/mol. The van der Waals surface area contributed by atoms with Crippen molar-refractivity contribution in [2.75, 3.05) is 11.9 Å². The van der Waals surface area contributed by atoms with E-state index in [0.717, 1.165) is 19.3 Å². The first-order valence-corrected chi connectivity index (χ1v) is 6.23. The Morgan fingerprint density at radius 3 is 2.94 bits per heavy atom. The normalized spacial score (nSPS) is 14.6. The van der Waals surface area contributed by atoms with Crippen LogP contribution in [-0.2, 0) is 10.7 Å². The molecule has 2 rings (SSSR count). The summed E-state index contributed by atoms with van der Waals surface area (Å²) in [7, 11) is 0. The van der Waals surface area contributed by atoms with E-state index in [4.69, 9.17) is 16.0 Å². The van der Waals surface area contributed by atoms with Gasteiger partial charge in [-0.2, -0.15) is 0 Å². The summed E-state index contributed by atoms with van der Waals surface area (Å²) < 4.78 is 5.15. The van der Waals surface area contributed by atoms with Crippen molar-refractivity contribution in [2.24, 2.45) is 0 Å². The van der Waals surface area contributed by atoms with Crippen LogP contribution in [0.15, 0.2) is 4.42 Å². The van der Waals surface area contributed by atoms with Crippen LogP contribution >= 0.6 is 11.6 Å². The van der Waals surface area contributed by atoms with Gasteiger partial charge in [-0.25, -0.2) is 0 Å². The summed E-state index contributed by atoms with van der Waals surface area (Å²) in [6.07, 6.45) is 3.48. The molecule has 1 fully saturated rings. The summed E-state index contributed by atoms with van der Waals surface area (Å²) in [6.45, 7) is 0.627. The maximum Gasteiger partial charge on any atom is 0.315 e. The van der Waals surface area contributed by atoms with Gasteiger partial charge in [0.1, 0.15) is 5.88 Å². The van der Waals surface area contributed by atoms with Gasteiger partial charge in [0.15, 0.2) is 0 Å². The number of rotatable bonds is 7. The molecule has 2 N–H and O–H groups in total. The van der Waals surface area contributed by atoms with Crippen LogP contribution in [0.5, 0.6) is 0 Å². The van der Waals surface area contributed by atoms with Crippen LogP contribution in [0.3, 0.4) is 0 Å². The Bertz CT molecular complexity index is 378. The van der Waals surface area contributed by atoms with Crippen LogP contribution in [0.25, 0.3) is 0 Å². The van der Waals surface area contributed by atoms with Crippen molar-refractivity contribution in [3.05, 3.63) is 5.89 Å². The minimum atomic E-state index is 0.112. The quantitative estimate of drug-likeness (QED) is 0.569. The van der Waals surface area contributed by atoms with Gasteiger partial charge in [-0.3, -0.25) is 4.79 Å². The van der Waals surface area contributed by atoms with Gasteiger partial charge in [-0.05, 0) is 19.3 Å². The number of nitrogens with one attached hydrogen (secondary N) is 2. The standard InChI is InChI=1S/C10H15ClN4O2/c11-6-9-14-15-10(17-9)12-5-1-2-8(16)13-7-3-4-7/h7H,1-6H2,(H,12,15)(H,13,16). The molecule has 0 spiro atoms. The molecule has 0 unspecified atom stereocenters. The molecule has 7 heteroatoms. The third-order valence-electron chi connectivity index (χ3n) is 2.38. The lowest BCUT2D eigenvalue weighted by Crippen LogP contribution is -2.25. The van der Waals surface area contributed by atoms with Crippen molar-refractivity contribution < 1.29 is 9.21 Å². The van der Waals surface area contributed by atoms with E-state index in [1.165, 1.54) is 0 Å². The van der Waals surface area contributed by atoms with E-state index < -0.39 is 0 Å². The molecule has 1 aromatic rings. The molecule has 94 valence electrons. The van der Waals surface area contributed by atoms with E-state index in [1.807, 2.05) is 0 Å². The van der Waals surface area contributed by atoms with E-state index in [2.05, 4.69) is 20.8 Å². The number of alkyl halides is 1. The fraction of sp³-hybridized carbons (Fsp3) is 0.700. The smallest absolute Gasteiger partial charge is 0.315 e. The number of hydrogen-bond acceptors (Lipinski definition) is 5.